The summed E-state index contributed by atoms with van der Waals surface area (Å²) in [7, 11) is 0. The summed E-state index contributed by atoms with van der Waals surface area (Å²) in [6.07, 6.45) is 11.3. The molecule has 10 heteroatoms. The molecule has 10 nitrogen and oxygen atoms in total. The first kappa shape index (κ1) is 37.1. The fourth-order valence-corrected chi connectivity index (χ4v) is 5.84. The van der Waals surface area contributed by atoms with Crippen molar-refractivity contribution in [3.05, 3.63) is 66.0 Å². The van der Waals surface area contributed by atoms with Gasteiger partial charge in [-0.25, -0.2) is 4.79 Å². The zero-order chi connectivity index (χ0) is 34.0. The third kappa shape index (κ3) is 11.2. The van der Waals surface area contributed by atoms with Crippen molar-refractivity contribution in [2.24, 2.45) is 17.8 Å². The van der Waals surface area contributed by atoms with Gasteiger partial charge in [0.1, 0.15) is 23.9 Å². The number of carbonyl (C=O) groups is 3. The van der Waals surface area contributed by atoms with E-state index in [1.165, 1.54) is 13.1 Å². The maximum atomic E-state index is 12.7. The van der Waals surface area contributed by atoms with Crippen molar-refractivity contribution in [2.45, 2.75) is 123 Å². The second-order valence-corrected chi connectivity index (χ2v) is 13.0. The number of epoxide rings is 1. The molecule has 0 aliphatic carbocycles. The Bertz CT molecular complexity index is 1260. The van der Waals surface area contributed by atoms with Crippen LogP contribution in [-0.4, -0.2) is 75.3 Å². The maximum absolute atomic E-state index is 12.7. The van der Waals surface area contributed by atoms with Crippen LogP contribution >= 0.6 is 0 Å². The van der Waals surface area contributed by atoms with E-state index < -0.39 is 35.9 Å². The van der Waals surface area contributed by atoms with Gasteiger partial charge in [-0.2, -0.15) is 0 Å². The van der Waals surface area contributed by atoms with E-state index in [9.17, 15) is 24.6 Å². The molecule has 0 bridgehead atoms. The predicted octanol–water partition coefficient (Wildman–Crippen LogP) is 5.28. The highest BCUT2D eigenvalue weighted by molar-refractivity contribution is 5.89. The minimum Gasteiger partial charge on any atom is -0.458 e. The molecule has 10 unspecified atom stereocenters. The van der Waals surface area contributed by atoms with Crippen LogP contribution in [0.5, 0.6) is 0 Å². The number of pyridine rings is 1. The number of hydrogen-bond acceptors (Lipinski definition) is 10. The Kier molecular flexibility index (Phi) is 13.7. The van der Waals surface area contributed by atoms with Gasteiger partial charge < -0.3 is 29.2 Å². The quantitative estimate of drug-likeness (QED) is 0.108. The highest BCUT2D eigenvalue weighted by Crippen LogP contribution is 2.37. The van der Waals surface area contributed by atoms with Crippen LogP contribution in [0.25, 0.3) is 0 Å². The summed E-state index contributed by atoms with van der Waals surface area (Å²) in [5.41, 5.74) is -0.196. The van der Waals surface area contributed by atoms with Crippen LogP contribution < -0.4 is 0 Å². The summed E-state index contributed by atoms with van der Waals surface area (Å²) < 4.78 is 23.0. The van der Waals surface area contributed by atoms with Crippen molar-refractivity contribution in [3.63, 3.8) is 0 Å². The van der Waals surface area contributed by atoms with E-state index in [0.717, 1.165) is 12.0 Å². The van der Waals surface area contributed by atoms with Crippen molar-refractivity contribution in [1.29, 1.82) is 0 Å². The molecule has 2 aliphatic rings. The number of aromatic nitrogens is 1. The molecule has 0 saturated carbocycles. The molecule has 2 N–H and O–H groups in total. The number of aliphatic hydroxyl groups excluding tert-OH is 1. The fourth-order valence-electron chi connectivity index (χ4n) is 5.84. The smallest absolute Gasteiger partial charge is 0.339 e. The summed E-state index contributed by atoms with van der Waals surface area (Å²) in [4.78, 5) is 41.0. The van der Waals surface area contributed by atoms with Crippen LogP contribution in [-0.2, 0) is 28.5 Å². The number of hydrogen-bond donors (Lipinski definition) is 2. The Morgan fingerprint density at radius 3 is 2.63 bits per heavy atom. The van der Waals surface area contributed by atoms with E-state index in [-0.39, 0.29) is 61.3 Å². The molecule has 0 spiro atoms. The molecule has 1 saturated heterocycles. The maximum Gasteiger partial charge on any atom is 0.339 e. The second-order valence-electron chi connectivity index (χ2n) is 13.0. The monoisotopic (exact) mass is 641 g/mol. The van der Waals surface area contributed by atoms with E-state index in [0.29, 0.717) is 12.0 Å². The number of carbonyl (C=O) groups excluding carboxylic acids is 3. The minimum absolute atomic E-state index is 0.00924. The summed E-state index contributed by atoms with van der Waals surface area (Å²) in [6.45, 7) is 12.7. The molecule has 1 fully saturated rings. The minimum atomic E-state index is -1.42. The lowest BCUT2D eigenvalue weighted by atomic mass is 9.88. The Labute approximate surface area is 272 Å². The lowest BCUT2D eigenvalue weighted by Gasteiger charge is -2.32. The molecule has 1 aromatic rings. The van der Waals surface area contributed by atoms with Gasteiger partial charge in [0.15, 0.2) is 0 Å². The highest BCUT2D eigenvalue weighted by Gasteiger charge is 2.46. The van der Waals surface area contributed by atoms with Crippen molar-refractivity contribution in [1.82, 2.24) is 4.98 Å². The summed E-state index contributed by atoms with van der Waals surface area (Å²) in [5.74, 6) is -1.50. The van der Waals surface area contributed by atoms with Crippen molar-refractivity contribution in [2.75, 3.05) is 0 Å². The zero-order valence-corrected chi connectivity index (χ0v) is 28.1. The van der Waals surface area contributed by atoms with Crippen molar-refractivity contribution in [3.8, 4) is 0 Å². The van der Waals surface area contributed by atoms with Crippen molar-refractivity contribution < 1.29 is 43.5 Å². The van der Waals surface area contributed by atoms with Crippen molar-refractivity contribution >= 4 is 17.9 Å². The number of allylic oxidation sites excluding steroid dienone is 3. The molecule has 46 heavy (non-hydrogen) atoms. The molecule has 254 valence electrons. The Hall–Kier alpha value is -3.34. The second kappa shape index (κ2) is 17.0. The molecule has 2 aliphatic heterocycles. The normalized spacial score (nSPS) is 31.8. The number of cyclic esters (lactones) is 1. The molecule has 1 aromatic heterocycles. The molecule has 0 aromatic carbocycles. The summed E-state index contributed by atoms with van der Waals surface area (Å²) >= 11 is 0. The summed E-state index contributed by atoms with van der Waals surface area (Å²) in [6, 6.07) is 3.40. The summed E-state index contributed by atoms with van der Waals surface area (Å²) in [5, 5.41) is 21.4. The van der Waals surface area contributed by atoms with E-state index in [1.54, 1.807) is 37.4 Å². The van der Waals surface area contributed by atoms with Crippen LogP contribution in [0.4, 0.5) is 0 Å². The van der Waals surface area contributed by atoms with Crippen LogP contribution in [0.3, 0.4) is 0 Å². The van der Waals surface area contributed by atoms with E-state index in [4.69, 9.17) is 18.9 Å². The average molecular weight is 642 g/mol. The highest BCUT2D eigenvalue weighted by atomic mass is 16.6. The van der Waals surface area contributed by atoms with Crippen LogP contribution in [0, 0.1) is 17.8 Å². The van der Waals surface area contributed by atoms with Gasteiger partial charge in [0, 0.05) is 31.2 Å². The third-order valence-corrected chi connectivity index (χ3v) is 8.75. The fraction of sp³-hybridized carbons (Fsp3) is 0.611. The van der Waals surface area contributed by atoms with Gasteiger partial charge in [0.05, 0.1) is 30.3 Å². The third-order valence-electron chi connectivity index (χ3n) is 8.75. The first-order chi connectivity index (χ1) is 21.7. The zero-order valence-electron chi connectivity index (χ0n) is 28.1. The molecule has 0 radical (unpaired) electrons. The van der Waals surface area contributed by atoms with E-state index in [1.807, 2.05) is 32.9 Å². The van der Waals surface area contributed by atoms with Gasteiger partial charge in [-0.1, -0.05) is 52.0 Å². The Balaban J connectivity index is 1.62. The van der Waals surface area contributed by atoms with Crippen LogP contribution in [0.1, 0.15) is 90.9 Å². The number of aliphatic hydroxyl groups is 2. The molecule has 0 amide bonds. The molecule has 10 atom stereocenters. The van der Waals surface area contributed by atoms with Gasteiger partial charge in [-0.05, 0) is 69.2 Å². The molecule has 3 heterocycles. The SMILES string of the molecule is CCC(OC(=O)c1cccnc1)C(C)C1OC1CC(C)/C=C/C=C(\C)C1OC(=O)CC(O)CCC(C)(O)C(OC(C)=O)/C=C/C1C. The molecular formula is C36H51NO9. The first-order valence-electron chi connectivity index (χ1n) is 16.3. The van der Waals surface area contributed by atoms with Gasteiger partial charge >= 0.3 is 17.9 Å². The van der Waals surface area contributed by atoms with Crippen LogP contribution in [0.15, 0.2) is 60.5 Å². The number of esters is 3. The Morgan fingerprint density at radius 1 is 1.24 bits per heavy atom. The lowest BCUT2D eigenvalue weighted by molar-refractivity contribution is -0.157. The lowest BCUT2D eigenvalue weighted by Crippen LogP contribution is -2.42. The standard InChI is InChI=1S/C36H51NO9/c1-8-29(45-35(41)27-13-10-18-37-21-27)25(5)34-30(44-34)19-22(2)11-9-12-23(3)33-24(4)14-15-31(43-26(6)38)36(7,42)17-16-28(39)20-32(40)46-33/h9-15,18,21-22,24-25,28-31,33-34,39,42H,8,16-17,19-20H2,1-7H3/b11-9+,15-14+,23-12+. The largest absolute Gasteiger partial charge is 0.458 e. The van der Waals surface area contributed by atoms with Gasteiger partial charge in [0.2, 0.25) is 0 Å². The number of nitrogens with zero attached hydrogens (tertiary/aromatic N) is 1. The molecule has 3 rings (SSSR count). The van der Waals surface area contributed by atoms with Gasteiger partial charge in [-0.15, -0.1) is 0 Å². The van der Waals surface area contributed by atoms with E-state index >= 15 is 0 Å². The number of rotatable bonds is 11. The topological polar surface area (TPSA) is 145 Å². The predicted molar refractivity (Wildman–Crippen MR) is 172 cm³/mol. The van der Waals surface area contributed by atoms with E-state index in [2.05, 4.69) is 24.9 Å². The Morgan fingerprint density at radius 2 is 1.98 bits per heavy atom. The van der Waals surface area contributed by atoms with Gasteiger partial charge in [0.25, 0.3) is 0 Å². The van der Waals surface area contributed by atoms with Gasteiger partial charge in [-0.3, -0.25) is 14.6 Å². The van der Waals surface area contributed by atoms with Crippen LogP contribution in [0.2, 0.25) is 0 Å². The first-order valence-corrected chi connectivity index (χ1v) is 16.3. The molecular weight excluding hydrogens is 590 g/mol. The number of ether oxygens (including phenoxy) is 4. The average Bonchev–Trinajstić information content (AvgIpc) is 3.77.